The Morgan fingerprint density at radius 2 is 1.85 bits per heavy atom. The first-order valence-corrected chi connectivity index (χ1v) is 8.27. The zero-order valence-electron chi connectivity index (χ0n) is 13.5. The molecule has 2 aliphatic rings. The van der Waals surface area contributed by atoms with Gasteiger partial charge in [-0.05, 0) is 46.2 Å². The lowest BCUT2D eigenvalue weighted by Gasteiger charge is -2.39. The van der Waals surface area contributed by atoms with Crippen molar-refractivity contribution in [2.45, 2.75) is 58.0 Å². The molecule has 0 aromatic heterocycles. The van der Waals surface area contributed by atoms with Crippen molar-refractivity contribution in [2.75, 3.05) is 39.8 Å². The van der Waals surface area contributed by atoms with Gasteiger partial charge in [0.25, 0.3) is 0 Å². The predicted octanol–water partition coefficient (Wildman–Crippen LogP) is 1.80. The Bertz CT molecular complexity index is 313. The molecule has 0 radical (unpaired) electrons. The van der Waals surface area contributed by atoms with Gasteiger partial charge in [-0.3, -0.25) is 9.69 Å². The van der Waals surface area contributed by atoms with E-state index in [1.807, 2.05) is 4.90 Å². The van der Waals surface area contributed by atoms with Crippen LogP contribution in [0.1, 0.15) is 46.0 Å². The van der Waals surface area contributed by atoms with Crippen LogP contribution in [-0.2, 0) is 4.79 Å². The number of carbonyl (C=O) groups is 1. The van der Waals surface area contributed by atoms with Gasteiger partial charge in [-0.25, -0.2) is 0 Å². The van der Waals surface area contributed by atoms with Gasteiger partial charge in [0.1, 0.15) is 0 Å². The molecule has 1 amide bonds. The maximum Gasteiger partial charge on any atom is 0.219 e. The Hall–Kier alpha value is -0.610. The van der Waals surface area contributed by atoms with Crippen LogP contribution in [-0.4, -0.2) is 72.5 Å². The van der Waals surface area contributed by atoms with Crippen LogP contribution in [0.3, 0.4) is 0 Å². The summed E-state index contributed by atoms with van der Waals surface area (Å²) in [6.45, 7) is 9.55. The monoisotopic (exact) mass is 281 g/mol. The fourth-order valence-electron chi connectivity index (χ4n) is 3.58. The number of carbonyl (C=O) groups excluding carboxylic acids is 1. The van der Waals surface area contributed by atoms with Gasteiger partial charge < -0.3 is 9.80 Å². The summed E-state index contributed by atoms with van der Waals surface area (Å²) in [4.78, 5) is 18.5. The van der Waals surface area contributed by atoms with Crippen molar-refractivity contribution in [3.05, 3.63) is 0 Å². The van der Waals surface area contributed by atoms with E-state index >= 15 is 0 Å². The van der Waals surface area contributed by atoms with Crippen LogP contribution in [0.2, 0.25) is 0 Å². The van der Waals surface area contributed by atoms with E-state index in [-0.39, 0.29) is 5.91 Å². The van der Waals surface area contributed by atoms with E-state index < -0.39 is 0 Å². The molecule has 0 aromatic rings. The highest BCUT2D eigenvalue weighted by Crippen LogP contribution is 2.18. The van der Waals surface area contributed by atoms with E-state index in [4.69, 9.17) is 0 Å². The van der Waals surface area contributed by atoms with E-state index in [9.17, 15) is 4.79 Å². The highest BCUT2D eigenvalue weighted by molar-refractivity contribution is 5.73. The van der Waals surface area contributed by atoms with Gasteiger partial charge in [0.2, 0.25) is 5.91 Å². The van der Waals surface area contributed by atoms with E-state index in [2.05, 4.69) is 23.8 Å². The molecule has 0 saturated carbocycles. The minimum absolute atomic E-state index is 0.230. The van der Waals surface area contributed by atoms with Gasteiger partial charge in [-0.2, -0.15) is 0 Å². The molecule has 4 heteroatoms. The van der Waals surface area contributed by atoms with Crippen LogP contribution in [0, 0.1) is 0 Å². The second kappa shape index (κ2) is 7.41. The summed E-state index contributed by atoms with van der Waals surface area (Å²) in [5, 5.41) is 0. The second-order valence-electron chi connectivity index (χ2n) is 6.60. The van der Waals surface area contributed by atoms with Crippen molar-refractivity contribution < 1.29 is 4.79 Å². The average molecular weight is 281 g/mol. The number of nitrogens with zero attached hydrogens (tertiary/aromatic N) is 3. The first kappa shape index (κ1) is 15.8. The van der Waals surface area contributed by atoms with E-state index in [1.54, 1.807) is 6.92 Å². The molecule has 0 unspecified atom stereocenters. The maximum atomic E-state index is 11.3. The number of hydrogen-bond donors (Lipinski definition) is 0. The first-order valence-electron chi connectivity index (χ1n) is 8.27. The summed E-state index contributed by atoms with van der Waals surface area (Å²) >= 11 is 0. The summed E-state index contributed by atoms with van der Waals surface area (Å²) in [7, 11) is 2.25. The van der Waals surface area contributed by atoms with E-state index in [1.165, 1.54) is 32.4 Å². The molecule has 2 heterocycles. The molecule has 0 bridgehead atoms. The van der Waals surface area contributed by atoms with Crippen LogP contribution < -0.4 is 0 Å². The van der Waals surface area contributed by atoms with Gasteiger partial charge in [-0.1, -0.05) is 6.42 Å². The third-order valence-electron chi connectivity index (χ3n) is 5.21. The van der Waals surface area contributed by atoms with Crippen molar-refractivity contribution in [2.24, 2.45) is 0 Å². The maximum absolute atomic E-state index is 11.3. The number of piperidine rings is 2. The van der Waals surface area contributed by atoms with Gasteiger partial charge in [0.15, 0.2) is 0 Å². The minimum atomic E-state index is 0.230. The molecule has 2 aliphatic heterocycles. The van der Waals surface area contributed by atoms with Crippen molar-refractivity contribution in [3.63, 3.8) is 0 Å². The molecule has 0 N–H and O–H groups in total. The third-order valence-corrected chi connectivity index (χ3v) is 5.21. The molecule has 116 valence electrons. The molecular formula is C16H31N3O. The van der Waals surface area contributed by atoms with Crippen LogP contribution in [0.4, 0.5) is 0 Å². The molecule has 2 rings (SSSR count). The number of hydrogen-bond acceptors (Lipinski definition) is 3. The highest BCUT2D eigenvalue weighted by atomic mass is 16.2. The summed E-state index contributed by atoms with van der Waals surface area (Å²) < 4.78 is 0. The average Bonchev–Trinajstić information content (AvgIpc) is 2.46. The van der Waals surface area contributed by atoms with E-state index in [0.717, 1.165) is 38.5 Å². The number of rotatable bonds is 4. The zero-order chi connectivity index (χ0) is 14.5. The van der Waals surface area contributed by atoms with Crippen molar-refractivity contribution >= 4 is 5.91 Å². The summed E-state index contributed by atoms with van der Waals surface area (Å²) in [6.07, 6.45) is 6.39. The van der Waals surface area contributed by atoms with Crippen LogP contribution >= 0.6 is 0 Å². The molecule has 0 aliphatic carbocycles. The number of likely N-dealkylation sites (N-methyl/N-ethyl adjacent to an activating group) is 1. The van der Waals surface area contributed by atoms with E-state index in [0.29, 0.717) is 6.04 Å². The lowest BCUT2D eigenvalue weighted by Crippen LogP contribution is -2.48. The second-order valence-corrected chi connectivity index (χ2v) is 6.60. The highest BCUT2D eigenvalue weighted by Gasteiger charge is 2.24. The quantitative estimate of drug-likeness (QED) is 0.786. The molecule has 2 fully saturated rings. The predicted molar refractivity (Wildman–Crippen MR) is 82.8 cm³/mol. The Kier molecular flexibility index (Phi) is 5.85. The molecule has 4 nitrogen and oxygen atoms in total. The molecular weight excluding hydrogens is 250 g/mol. The Balaban J connectivity index is 1.70. The van der Waals surface area contributed by atoms with Crippen molar-refractivity contribution in [3.8, 4) is 0 Å². The Morgan fingerprint density at radius 3 is 2.45 bits per heavy atom. The molecule has 1 atom stereocenters. The minimum Gasteiger partial charge on any atom is -0.343 e. The Labute approximate surface area is 124 Å². The topological polar surface area (TPSA) is 26.8 Å². The number of likely N-dealkylation sites (tertiary alicyclic amines) is 2. The van der Waals surface area contributed by atoms with Gasteiger partial charge in [-0.15, -0.1) is 0 Å². The SMILES string of the molecule is CC(=O)N1CCC(N(C)CCN2CCCC[C@H]2C)CC1. The molecule has 2 saturated heterocycles. The largest absolute Gasteiger partial charge is 0.343 e. The summed E-state index contributed by atoms with van der Waals surface area (Å²) in [6, 6.07) is 1.42. The Morgan fingerprint density at radius 1 is 1.15 bits per heavy atom. The lowest BCUT2D eigenvalue weighted by atomic mass is 10.0. The molecule has 0 spiro atoms. The van der Waals surface area contributed by atoms with Gasteiger partial charge in [0, 0.05) is 45.2 Å². The van der Waals surface area contributed by atoms with Crippen molar-refractivity contribution in [1.82, 2.24) is 14.7 Å². The summed E-state index contributed by atoms with van der Waals surface area (Å²) in [5.41, 5.74) is 0. The standard InChI is InChI=1S/C16H31N3O/c1-14-6-4-5-9-18(14)13-12-17(3)16-7-10-19(11-8-16)15(2)20/h14,16H,4-13H2,1-3H3/t14-/m1/s1. The van der Waals surface area contributed by atoms with Crippen molar-refractivity contribution in [1.29, 1.82) is 0 Å². The molecule has 0 aromatic carbocycles. The van der Waals surface area contributed by atoms with Crippen LogP contribution in [0.25, 0.3) is 0 Å². The van der Waals surface area contributed by atoms with Crippen LogP contribution in [0.5, 0.6) is 0 Å². The zero-order valence-corrected chi connectivity index (χ0v) is 13.5. The smallest absolute Gasteiger partial charge is 0.219 e. The fraction of sp³-hybridized carbons (Fsp3) is 0.938. The van der Waals surface area contributed by atoms with Crippen LogP contribution in [0.15, 0.2) is 0 Å². The summed E-state index contributed by atoms with van der Waals surface area (Å²) in [5.74, 6) is 0.230. The normalized spacial score (nSPS) is 26.2. The number of amides is 1. The first-order chi connectivity index (χ1) is 9.58. The van der Waals surface area contributed by atoms with Gasteiger partial charge in [0.05, 0.1) is 0 Å². The third kappa shape index (κ3) is 4.19. The lowest BCUT2D eigenvalue weighted by molar-refractivity contribution is -0.130. The fourth-order valence-corrected chi connectivity index (χ4v) is 3.58. The van der Waals surface area contributed by atoms with Gasteiger partial charge >= 0.3 is 0 Å². The molecule has 20 heavy (non-hydrogen) atoms.